The van der Waals surface area contributed by atoms with Gasteiger partial charge < -0.3 is 14.2 Å². The van der Waals surface area contributed by atoms with Crippen LogP contribution in [0.5, 0.6) is 0 Å². The molecule has 0 N–H and O–H groups in total. The molecule has 3 aromatic rings. The van der Waals surface area contributed by atoms with E-state index < -0.39 is 0 Å². The van der Waals surface area contributed by atoms with Gasteiger partial charge in [0.1, 0.15) is 12.4 Å². The molecule has 0 spiro atoms. The monoisotopic (exact) mass is 389 g/mol. The van der Waals surface area contributed by atoms with Gasteiger partial charge in [0.05, 0.1) is 18.3 Å². The summed E-state index contributed by atoms with van der Waals surface area (Å²) in [5.41, 5.74) is 3.22. The van der Waals surface area contributed by atoms with Gasteiger partial charge in [-0.2, -0.15) is 0 Å². The molecular formula is C24H27N3O2. The average molecular weight is 389 g/mol. The minimum Gasteiger partial charge on any atom is -0.370 e. The van der Waals surface area contributed by atoms with Crippen LogP contribution < -0.4 is 0 Å². The highest BCUT2D eigenvalue weighted by Gasteiger charge is 2.33. The van der Waals surface area contributed by atoms with Gasteiger partial charge >= 0.3 is 0 Å². The van der Waals surface area contributed by atoms with Crippen molar-refractivity contribution in [2.24, 2.45) is 5.92 Å². The average Bonchev–Trinajstić information content (AvgIpc) is 3.14. The highest BCUT2D eigenvalue weighted by molar-refractivity contribution is 5.78. The maximum atomic E-state index is 12.6. The fourth-order valence-electron chi connectivity index (χ4n) is 3.94. The Labute approximate surface area is 171 Å². The Hall–Kier alpha value is -2.92. The second-order valence-corrected chi connectivity index (χ2v) is 7.79. The molecule has 29 heavy (non-hydrogen) atoms. The van der Waals surface area contributed by atoms with Crippen LogP contribution >= 0.6 is 0 Å². The van der Waals surface area contributed by atoms with Gasteiger partial charge in [-0.25, -0.2) is 4.98 Å². The van der Waals surface area contributed by atoms with E-state index in [1.807, 2.05) is 29.2 Å². The predicted molar refractivity (Wildman–Crippen MR) is 113 cm³/mol. The van der Waals surface area contributed by atoms with E-state index in [1.54, 1.807) is 0 Å². The molecular weight excluding hydrogens is 362 g/mol. The summed E-state index contributed by atoms with van der Waals surface area (Å²) >= 11 is 0. The van der Waals surface area contributed by atoms with Crippen molar-refractivity contribution in [3.8, 4) is 11.3 Å². The van der Waals surface area contributed by atoms with Crippen molar-refractivity contribution in [2.75, 3.05) is 19.8 Å². The van der Waals surface area contributed by atoms with E-state index in [-0.39, 0.29) is 24.5 Å². The molecule has 1 saturated heterocycles. The summed E-state index contributed by atoms with van der Waals surface area (Å²) in [6.07, 6.45) is 2.11. The second kappa shape index (κ2) is 8.62. The summed E-state index contributed by atoms with van der Waals surface area (Å²) in [6.45, 7) is 6.33. The van der Waals surface area contributed by atoms with Gasteiger partial charge in [0.25, 0.3) is 0 Å². The van der Waals surface area contributed by atoms with Gasteiger partial charge in [-0.05, 0) is 11.5 Å². The highest BCUT2D eigenvalue weighted by Crippen LogP contribution is 2.32. The zero-order valence-corrected chi connectivity index (χ0v) is 17.0. The van der Waals surface area contributed by atoms with Crippen LogP contribution in [0, 0.1) is 5.92 Å². The van der Waals surface area contributed by atoms with Gasteiger partial charge in [0.15, 0.2) is 0 Å². The number of imidazole rings is 1. The second-order valence-electron chi connectivity index (χ2n) is 7.79. The van der Waals surface area contributed by atoms with Gasteiger partial charge in [0.2, 0.25) is 5.91 Å². The molecule has 150 valence electrons. The highest BCUT2D eigenvalue weighted by atomic mass is 16.5. The van der Waals surface area contributed by atoms with Crippen molar-refractivity contribution in [1.29, 1.82) is 0 Å². The summed E-state index contributed by atoms with van der Waals surface area (Å²) in [5.74, 6) is 1.20. The zero-order valence-electron chi connectivity index (χ0n) is 17.0. The molecule has 4 rings (SSSR count). The standard InChI is InChI=1S/C24H27N3O2/c1-18(2)23(27-13-14-29-17-22(27)28)24-25-21(20-11-7-4-8-12-20)16-26(24)15-19-9-5-3-6-10-19/h3-12,16,18,23H,13-15,17H2,1-2H3. The molecule has 1 fully saturated rings. The van der Waals surface area contributed by atoms with Crippen LogP contribution in [-0.4, -0.2) is 40.1 Å². The molecule has 2 aromatic carbocycles. The van der Waals surface area contributed by atoms with Crippen LogP contribution in [0.25, 0.3) is 11.3 Å². The summed E-state index contributed by atoms with van der Waals surface area (Å²) in [7, 11) is 0. The van der Waals surface area contributed by atoms with E-state index in [2.05, 4.69) is 61.0 Å². The number of rotatable bonds is 6. The maximum Gasteiger partial charge on any atom is 0.249 e. The number of carbonyl (C=O) groups is 1. The SMILES string of the molecule is CC(C)C(c1nc(-c2ccccc2)cn1Cc1ccccc1)N1CCOCC1=O. The van der Waals surface area contributed by atoms with E-state index in [0.717, 1.165) is 23.6 Å². The summed E-state index contributed by atoms with van der Waals surface area (Å²) in [6, 6.07) is 20.5. The maximum absolute atomic E-state index is 12.6. The van der Waals surface area contributed by atoms with Gasteiger partial charge in [-0.3, -0.25) is 4.79 Å². The third-order valence-electron chi connectivity index (χ3n) is 5.33. The lowest BCUT2D eigenvalue weighted by Gasteiger charge is -2.36. The van der Waals surface area contributed by atoms with Crippen molar-refractivity contribution < 1.29 is 9.53 Å². The number of ether oxygens (including phenoxy) is 1. The lowest BCUT2D eigenvalue weighted by Crippen LogP contribution is -2.46. The molecule has 1 atom stereocenters. The summed E-state index contributed by atoms with van der Waals surface area (Å²) in [5, 5.41) is 0. The Morgan fingerprint density at radius 3 is 2.38 bits per heavy atom. The molecule has 0 radical (unpaired) electrons. The Morgan fingerprint density at radius 1 is 1.03 bits per heavy atom. The predicted octanol–water partition coefficient (Wildman–Crippen LogP) is 4.15. The van der Waals surface area contributed by atoms with Crippen LogP contribution in [0.1, 0.15) is 31.3 Å². The van der Waals surface area contributed by atoms with Crippen LogP contribution in [0.4, 0.5) is 0 Å². The Kier molecular flexibility index (Phi) is 5.76. The van der Waals surface area contributed by atoms with Crippen molar-refractivity contribution in [3.05, 3.63) is 78.2 Å². The molecule has 5 nitrogen and oxygen atoms in total. The van der Waals surface area contributed by atoms with Crippen molar-refractivity contribution >= 4 is 5.91 Å². The number of hydrogen-bond donors (Lipinski definition) is 0. The minimum absolute atomic E-state index is 0.0328. The number of aromatic nitrogens is 2. The Balaban J connectivity index is 1.78. The molecule has 1 unspecified atom stereocenters. The number of amides is 1. The minimum atomic E-state index is -0.0902. The smallest absolute Gasteiger partial charge is 0.249 e. The number of carbonyl (C=O) groups excluding carboxylic acids is 1. The zero-order chi connectivity index (χ0) is 20.2. The van der Waals surface area contributed by atoms with E-state index in [4.69, 9.17) is 9.72 Å². The molecule has 1 amide bonds. The number of hydrogen-bond acceptors (Lipinski definition) is 3. The van der Waals surface area contributed by atoms with E-state index in [1.165, 1.54) is 5.56 Å². The lowest BCUT2D eigenvalue weighted by molar-refractivity contribution is -0.147. The molecule has 5 heteroatoms. The first-order chi connectivity index (χ1) is 14.1. The molecule has 1 aromatic heterocycles. The molecule has 0 bridgehead atoms. The van der Waals surface area contributed by atoms with Crippen LogP contribution in [-0.2, 0) is 16.1 Å². The summed E-state index contributed by atoms with van der Waals surface area (Å²) < 4.78 is 7.56. The molecule has 2 heterocycles. The largest absolute Gasteiger partial charge is 0.370 e. The van der Waals surface area contributed by atoms with Crippen molar-refractivity contribution in [1.82, 2.24) is 14.5 Å². The first-order valence-electron chi connectivity index (χ1n) is 10.2. The number of benzene rings is 2. The fraction of sp³-hybridized carbons (Fsp3) is 0.333. The van der Waals surface area contributed by atoms with E-state index >= 15 is 0 Å². The van der Waals surface area contributed by atoms with Gasteiger partial charge in [0, 0.05) is 24.8 Å². The van der Waals surface area contributed by atoms with E-state index in [0.29, 0.717) is 13.2 Å². The van der Waals surface area contributed by atoms with Crippen molar-refractivity contribution in [2.45, 2.75) is 26.4 Å². The molecule has 0 aliphatic carbocycles. The van der Waals surface area contributed by atoms with Crippen LogP contribution in [0.2, 0.25) is 0 Å². The summed E-state index contributed by atoms with van der Waals surface area (Å²) in [4.78, 5) is 19.6. The van der Waals surface area contributed by atoms with Crippen LogP contribution in [0.3, 0.4) is 0 Å². The first-order valence-corrected chi connectivity index (χ1v) is 10.2. The van der Waals surface area contributed by atoms with Gasteiger partial charge in [-0.15, -0.1) is 0 Å². The van der Waals surface area contributed by atoms with Gasteiger partial charge in [-0.1, -0.05) is 74.5 Å². The Bertz CT molecular complexity index is 951. The molecule has 0 saturated carbocycles. The molecule has 1 aliphatic heterocycles. The molecule has 1 aliphatic rings. The number of morpholine rings is 1. The third-order valence-corrected chi connectivity index (χ3v) is 5.33. The van der Waals surface area contributed by atoms with E-state index in [9.17, 15) is 4.79 Å². The topological polar surface area (TPSA) is 47.4 Å². The normalized spacial score (nSPS) is 15.7. The lowest BCUT2D eigenvalue weighted by atomic mass is 10.0. The first kappa shape index (κ1) is 19.4. The van der Waals surface area contributed by atoms with Crippen molar-refractivity contribution in [3.63, 3.8) is 0 Å². The number of nitrogens with zero attached hydrogens (tertiary/aromatic N) is 3. The quantitative estimate of drug-likeness (QED) is 0.636. The van der Waals surface area contributed by atoms with Crippen LogP contribution in [0.15, 0.2) is 66.9 Å². The third kappa shape index (κ3) is 4.25. The Morgan fingerprint density at radius 2 is 1.72 bits per heavy atom. The fourth-order valence-corrected chi connectivity index (χ4v) is 3.94.